The Kier molecular flexibility index (Phi) is 9.74. The van der Waals surface area contributed by atoms with Gasteiger partial charge in [0, 0.05) is 24.2 Å². The van der Waals surface area contributed by atoms with Crippen molar-refractivity contribution in [3.8, 4) is 11.5 Å². The van der Waals surface area contributed by atoms with Crippen molar-refractivity contribution in [2.24, 2.45) is 0 Å². The molecule has 0 amide bonds. The summed E-state index contributed by atoms with van der Waals surface area (Å²) in [4.78, 5) is 13.8. The zero-order chi connectivity index (χ0) is 28.5. The molecule has 4 rings (SSSR count). The molecule has 2 unspecified atom stereocenters. The lowest BCUT2D eigenvalue weighted by atomic mass is 9.84. The second kappa shape index (κ2) is 13.4. The van der Waals surface area contributed by atoms with Crippen LogP contribution in [-0.4, -0.2) is 40.2 Å². The van der Waals surface area contributed by atoms with Gasteiger partial charge in [-0.1, -0.05) is 79.8 Å². The molecule has 0 bridgehead atoms. The van der Waals surface area contributed by atoms with Crippen molar-refractivity contribution in [2.45, 2.75) is 57.4 Å². The zero-order valence-corrected chi connectivity index (χ0v) is 23.4. The molecular weight excluding hydrogens is 504 g/mol. The number of nitro benzene ring substituents is 1. The number of ether oxygens (including phenoxy) is 2. The van der Waals surface area contributed by atoms with E-state index in [1.807, 2.05) is 48.5 Å². The Bertz CT molecular complexity index is 1320. The molecule has 0 saturated carbocycles. The normalized spacial score (nSPS) is 17.9. The summed E-state index contributed by atoms with van der Waals surface area (Å²) in [6.45, 7) is 4.88. The Morgan fingerprint density at radius 2 is 1.80 bits per heavy atom. The fourth-order valence-electron chi connectivity index (χ4n) is 5.38. The van der Waals surface area contributed by atoms with Crippen LogP contribution in [0.2, 0.25) is 0 Å². The van der Waals surface area contributed by atoms with E-state index in [0.29, 0.717) is 12.1 Å². The van der Waals surface area contributed by atoms with E-state index in [4.69, 9.17) is 9.47 Å². The minimum Gasteiger partial charge on any atom is -0.497 e. The predicted octanol–water partition coefficient (Wildman–Crippen LogP) is 6.81. The number of hydrogen-bond acceptors (Lipinski definition) is 6. The molecule has 0 saturated heterocycles. The molecule has 3 aromatic rings. The third-order valence-electron chi connectivity index (χ3n) is 7.70. The summed E-state index contributed by atoms with van der Waals surface area (Å²) < 4.78 is 11.1. The molecule has 40 heavy (non-hydrogen) atoms. The minimum absolute atomic E-state index is 0.0857. The maximum Gasteiger partial charge on any atom is 0.311 e. The van der Waals surface area contributed by atoms with Crippen molar-refractivity contribution >= 4 is 5.69 Å². The Morgan fingerprint density at radius 1 is 1.05 bits per heavy atom. The molecule has 7 nitrogen and oxygen atoms in total. The second-order valence-electron chi connectivity index (χ2n) is 10.3. The first-order valence-corrected chi connectivity index (χ1v) is 13.7. The monoisotopic (exact) mass is 542 g/mol. The topological polar surface area (TPSA) is 85.1 Å². The first-order chi connectivity index (χ1) is 19.3. The third kappa shape index (κ3) is 6.97. The fourth-order valence-corrected chi connectivity index (χ4v) is 5.38. The van der Waals surface area contributed by atoms with Gasteiger partial charge in [0.05, 0.1) is 18.1 Å². The van der Waals surface area contributed by atoms with Crippen LogP contribution in [0, 0.1) is 10.1 Å². The molecule has 0 radical (unpaired) electrons. The number of hydrogen-bond donors (Lipinski definition) is 1. The number of nitrogens with zero attached hydrogens (tertiary/aromatic N) is 2. The Hall–Kier alpha value is -3.94. The minimum atomic E-state index is -0.928. The number of methoxy groups -OCH3 is 1. The number of nitro groups is 1. The van der Waals surface area contributed by atoms with Gasteiger partial charge in [0.15, 0.2) is 5.75 Å². The van der Waals surface area contributed by atoms with Crippen LogP contribution in [0.15, 0.2) is 97.1 Å². The van der Waals surface area contributed by atoms with Crippen LogP contribution >= 0.6 is 0 Å². The number of rotatable bonds is 13. The summed E-state index contributed by atoms with van der Waals surface area (Å²) in [5, 5.41) is 23.4. The van der Waals surface area contributed by atoms with Crippen LogP contribution in [0.5, 0.6) is 11.5 Å². The molecule has 0 fully saturated rings. The van der Waals surface area contributed by atoms with Crippen LogP contribution in [0.4, 0.5) is 5.69 Å². The van der Waals surface area contributed by atoms with E-state index in [9.17, 15) is 15.2 Å². The van der Waals surface area contributed by atoms with Gasteiger partial charge >= 0.3 is 5.69 Å². The largest absolute Gasteiger partial charge is 0.497 e. The Balaban J connectivity index is 1.57. The van der Waals surface area contributed by atoms with Gasteiger partial charge in [0.1, 0.15) is 12.4 Å². The maximum absolute atomic E-state index is 11.9. The van der Waals surface area contributed by atoms with Gasteiger partial charge in [-0.15, -0.1) is 0 Å². The van der Waals surface area contributed by atoms with Crippen molar-refractivity contribution in [1.82, 2.24) is 4.90 Å². The Morgan fingerprint density at radius 3 is 2.42 bits per heavy atom. The van der Waals surface area contributed by atoms with Crippen LogP contribution in [0.3, 0.4) is 0 Å². The van der Waals surface area contributed by atoms with Crippen molar-refractivity contribution in [3.05, 3.63) is 124 Å². The van der Waals surface area contributed by atoms with E-state index < -0.39 is 11.0 Å². The quantitative estimate of drug-likeness (QED) is 0.189. The highest BCUT2D eigenvalue weighted by atomic mass is 16.6. The first kappa shape index (κ1) is 29.1. The molecule has 0 aliphatic heterocycles. The van der Waals surface area contributed by atoms with E-state index >= 15 is 0 Å². The van der Waals surface area contributed by atoms with Crippen molar-refractivity contribution in [1.29, 1.82) is 0 Å². The van der Waals surface area contributed by atoms with Gasteiger partial charge in [-0.25, -0.2) is 0 Å². The second-order valence-corrected chi connectivity index (χ2v) is 10.3. The SMILES string of the molecule is CC[C@]1(N(CC(O)c2ccc(OCc3ccccc3)c([N+](=O)[O-])c2)C(C)Cc2ccc(OC)cc2)C=CC=CC1. The molecule has 1 aliphatic carbocycles. The molecule has 1 N–H and O–H groups in total. The van der Waals surface area contributed by atoms with Crippen LogP contribution in [0.25, 0.3) is 0 Å². The highest BCUT2D eigenvalue weighted by molar-refractivity contribution is 5.49. The predicted molar refractivity (Wildman–Crippen MR) is 158 cm³/mol. The smallest absolute Gasteiger partial charge is 0.311 e. The molecule has 0 spiro atoms. The highest BCUT2D eigenvalue weighted by Crippen LogP contribution is 2.36. The molecule has 7 heteroatoms. The van der Waals surface area contributed by atoms with Gasteiger partial charge in [0.2, 0.25) is 0 Å². The summed E-state index contributed by atoms with van der Waals surface area (Å²) >= 11 is 0. The van der Waals surface area contributed by atoms with Gasteiger partial charge < -0.3 is 14.6 Å². The van der Waals surface area contributed by atoms with E-state index in [1.54, 1.807) is 19.2 Å². The number of allylic oxidation sites excluding steroid dienone is 2. The lowest BCUT2D eigenvalue weighted by Gasteiger charge is -2.46. The average molecular weight is 543 g/mol. The molecule has 210 valence electrons. The van der Waals surface area contributed by atoms with Crippen LogP contribution in [-0.2, 0) is 13.0 Å². The van der Waals surface area contributed by atoms with Crippen molar-refractivity contribution in [2.75, 3.05) is 13.7 Å². The summed E-state index contributed by atoms with van der Waals surface area (Å²) in [5.41, 5.74) is 2.15. The summed E-state index contributed by atoms with van der Waals surface area (Å²) in [5.74, 6) is 0.992. The third-order valence-corrected chi connectivity index (χ3v) is 7.70. The number of β-amino-alcohol motifs (C(OH)–C–C–N with tert-alkyl or cyclic N) is 1. The van der Waals surface area contributed by atoms with Gasteiger partial charge in [-0.3, -0.25) is 15.0 Å². The summed E-state index contributed by atoms with van der Waals surface area (Å²) in [6.07, 6.45) is 10.0. The lowest BCUT2D eigenvalue weighted by molar-refractivity contribution is -0.386. The summed E-state index contributed by atoms with van der Waals surface area (Å²) in [7, 11) is 1.65. The average Bonchev–Trinajstić information content (AvgIpc) is 2.99. The van der Waals surface area contributed by atoms with Crippen molar-refractivity contribution in [3.63, 3.8) is 0 Å². The first-order valence-electron chi connectivity index (χ1n) is 13.7. The van der Waals surface area contributed by atoms with E-state index in [-0.39, 0.29) is 29.6 Å². The highest BCUT2D eigenvalue weighted by Gasteiger charge is 2.37. The number of aliphatic hydroxyl groups excluding tert-OH is 1. The molecular formula is C33H38N2O5. The van der Waals surface area contributed by atoms with Crippen LogP contribution < -0.4 is 9.47 Å². The zero-order valence-electron chi connectivity index (χ0n) is 23.4. The van der Waals surface area contributed by atoms with Gasteiger partial charge in [-0.2, -0.15) is 0 Å². The fraction of sp³-hybridized carbons (Fsp3) is 0.333. The maximum atomic E-state index is 11.9. The van der Waals surface area contributed by atoms with E-state index in [2.05, 4.69) is 49.1 Å². The standard InChI is InChI=1S/C33H38N2O5/c1-4-33(19-9-6-10-20-33)34(25(2)21-26-13-16-29(39-3)17-14-26)23-31(36)28-15-18-32(30(22-28)35(37)38)40-24-27-11-7-5-8-12-27/h5-19,22,25,31,36H,4,20-21,23-24H2,1-3H3/t25?,31?,33-/m0/s1. The lowest BCUT2D eigenvalue weighted by Crippen LogP contribution is -2.53. The summed E-state index contributed by atoms with van der Waals surface area (Å²) in [6, 6.07) is 22.4. The van der Waals surface area contributed by atoms with Crippen LogP contribution in [0.1, 0.15) is 49.5 Å². The number of benzene rings is 3. The van der Waals surface area contributed by atoms with Gasteiger partial charge in [-0.05, 0) is 61.1 Å². The number of aliphatic hydroxyl groups is 1. The molecule has 0 heterocycles. The van der Waals surface area contributed by atoms with Gasteiger partial charge in [0.25, 0.3) is 0 Å². The Labute approximate surface area is 236 Å². The van der Waals surface area contributed by atoms with E-state index in [0.717, 1.165) is 30.6 Å². The molecule has 3 atom stereocenters. The molecule has 0 aromatic heterocycles. The van der Waals surface area contributed by atoms with E-state index in [1.165, 1.54) is 11.6 Å². The van der Waals surface area contributed by atoms with Crippen molar-refractivity contribution < 1.29 is 19.5 Å². The molecule has 1 aliphatic rings. The molecule has 3 aromatic carbocycles.